The standard InChI is InChI=1S/C24H39N3O4/c1-4-25-24(26-16-22(28)21-15-20(29-2)9-10-23(21)30-3)27-13-11-19(12-14-27)31-17-18-7-5-6-8-18/h9-10,15,18-19,22,28H,4-8,11-14,16-17H2,1-3H3,(H,25,26). The van der Waals surface area contributed by atoms with Crippen LogP contribution >= 0.6 is 0 Å². The van der Waals surface area contributed by atoms with E-state index in [0.717, 1.165) is 51.0 Å². The first-order valence-corrected chi connectivity index (χ1v) is 11.7. The monoisotopic (exact) mass is 433 g/mol. The van der Waals surface area contributed by atoms with E-state index in [9.17, 15) is 5.11 Å². The van der Waals surface area contributed by atoms with Crippen molar-refractivity contribution in [2.75, 3.05) is 47.0 Å². The second-order valence-corrected chi connectivity index (χ2v) is 8.49. The van der Waals surface area contributed by atoms with Crippen LogP contribution in [0.3, 0.4) is 0 Å². The number of guanidine groups is 1. The van der Waals surface area contributed by atoms with Gasteiger partial charge < -0.3 is 29.5 Å². The molecule has 1 heterocycles. The van der Waals surface area contributed by atoms with E-state index in [0.29, 0.717) is 23.2 Å². The third kappa shape index (κ3) is 6.74. The molecule has 1 saturated carbocycles. The van der Waals surface area contributed by atoms with E-state index in [4.69, 9.17) is 19.2 Å². The molecule has 2 aliphatic rings. The second-order valence-electron chi connectivity index (χ2n) is 8.49. The molecule has 0 spiro atoms. The van der Waals surface area contributed by atoms with Crippen molar-refractivity contribution in [1.29, 1.82) is 0 Å². The third-order valence-corrected chi connectivity index (χ3v) is 6.33. The number of nitrogens with zero attached hydrogens (tertiary/aromatic N) is 2. The van der Waals surface area contributed by atoms with Gasteiger partial charge >= 0.3 is 0 Å². The van der Waals surface area contributed by atoms with Crippen molar-refractivity contribution in [3.63, 3.8) is 0 Å². The Morgan fingerprint density at radius 3 is 2.55 bits per heavy atom. The molecule has 7 heteroatoms. The molecule has 1 atom stereocenters. The Hall–Kier alpha value is -1.99. The molecule has 1 aromatic rings. The zero-order chi connectivity index (χ0) is 22.1. The summed E-state index contributed by atoms with van der Waals surface area (Å²) >= 11 is 0. The zero-order valence-corrected chi connectivity index (χ0v) is 19.3. The summed E-state index contributed by atoms with van der Waals surface area (Å²) in [7, 11) is 3.21. The SMILES string of the molecule is CCNC(=NCC(O)c1cc(OC)ccc1OC)N1CCC(OCC2CCCC2)CC1. The fourth-order valence-corrected chi connectivity index (χ4v) is 4.48. The molecule has 3 rings (SSSR count). The molecule has 1 aliphatic carbocycles. The molecule has 174 valence electrons. The summed E-state index contributed by atoms with van der Waals surface area (Å²) in [6, 6.07) is 5.43. The molecule has 1 unspecified atom stereocenters. The lowest BCUT2D eigenvalue weighted by molar-refractivity contribution is 0.000978. The van der Waals surface area contributed by atoms with Crippen molar-refractivity contribution in [3.8, 4) is 11.5 Å². The summed E-state index contributed by atoms with van der Waals surface area (Å²) in [6.07, 6.45) is 7.00. The minimum atomic E-state index is -0.772. The number of hydrogen-bond acceptors (Lipinski definition) is 5. The van der Waals surface area contributed by atoms with Gasteiger partial charge in [-0.3, -0.25) is 4.99 Å². The average molecular weight is 434 g/mol. The van der Waals surface area contributed by atoms with Crippen molar-refractivity contribution in [2.45, 2.75) is 57.7 Å². The number of nitrogens with one attached hydrogen (secondary N) is 1. The van der Waals surface area contributed by atoms with E-state index in [1.807, 2.05) is 12.1 Å². The number of hydrogen-bond donors (Lipinski definition) is 2. The number of aliphatic hydroxyl groups is 1. The van der Waals surface area contributed by atoms with Crippen molar-refractivity contribution < 1.29 is 19.3 Å². The minimum absolute atomic E-state index is 0.254. The van der Waals surface area contributed by atoms with Crippen LogP contribution in [-0.4, -0.2) is 69.1 Å². The highest BCUT2D eigenvalue weighted by Gasteiger charge is 2.24. The Morgan fingerprint density at radius 2 is 1.90 bits per heavy atom. The van der Waals surface area contributed by atoms with Crippen LogP contribution in [0.25, 0.3) is 0 Å². The molecule has 0 bridgehead atoms. The Bertz CT molecular complexity index is 698. The summed E-state index contributed by atoms with van der Waals surface area (Å²) in [5.74, 6) is 2.93. The summed E-state index contributed by atoms with van der Waals surface area (Å²) in [4.78, 5) is 6.99. The lowest BCUT2D eigenvalue weighted by Gasteiger charge is -2.34. The van der Waals surface area contributed by atoms with Crippen LogP contribution in [0.1, 0.15) is 57.1 Å². The van der Waals surface area contributed by atoms with Crippen molar-refractivity contribution in [3.05, 3.63) is 23.8 Å². The summed E-state index contributed by atoms with van der Waals surface area (Å²) in [6.45, 7) is 5.86. The van der Waals surface area contributed by atoms with Gasteiger partial charge in [0, 0.05) is 31.8 Å². The molecule has 0 aromatic heterocycles. The van der Waals surface area contributed by atoms with Gasteiger partial charge in [-0.15, -0.1) is 0 Å². The number of methoxy groups -OCH3 is 2. The Balaban J connectivity index is 1.55. The fourth-order valence-electron chi connectivity index (χ4n) is 4.48. The van der Waals surface area contributed by atoms with Crippen LogP contribution in [0.15, 0.2) is 23.2 Å². The highest BCUT2D eigenvalue weighted by molar-refractivity contribution is 5.80. The highest BCUT2D eigenvalue weighted by atomic mass is 16.5. The highest BCUT2D eigenvalue weighted by Crippen LogP contribution is 2.30. The van der Waals surface area contributed by atoms with Gasteiger partial charge in [0.1, 0.15) is 17.6 Å². The minimum Gasteiger partial charge on any atom is -0.497 e. The molecule has 7 nitrogen and oxygen atoms in total. The molecular formula is C24H39N3O4. The smallest absolute Gasteiger partial charge is 0.194 e. The van der Waals surface area contributed by atoms with E-state index in [1.54, 1.807) is 20.3 Å². The molecule has 2 fully saturated rings. The first-order valence-electron chi connectivity index (χ1n) is 11.7. The van der Waals surface area contributed by atoms with Gasteiger partial charge in [-0.25, -0.2) is 0 Å². The number of ether oxygens (including phenoxy) is 3. The van der Waals surface area contributed by atoms with Crippen molar-refractivity contribution in [1.82, 2.24) is 10.2 Å². The second kappa shape index (κ2) is 12.2. The van der Waals surface area contributed by atoms with E-state index in [1.165, 1.54) is 25.7 Å². The van der Waals surface area contributed by atoms with Crippen LogP contribution in [0.5, 0.6) is 11.5 Å². The first-order chi connectivity index (χ1) is 15.1. The summed E-state index contributed by atoms with van der Waals surface area (Å²) < 4.78 is 16.9. The predicted octanol–water partition coefficient (Wildman–Crippen LogP) is 3.37. The number of aliphatic hydroxyl groups excluding tert-OH is 1. The van der Waals surface area contributed by atoms with Gasteiger partial charge in [0.15, 0.2) is 5.96 Å². The maximum absolute atomic E-state index is 10.8. The number of piperidine rings is 1. The molecule has 31 heavy (non-hydrogen) atoms. The van der Waals surface area contributed by atoms with E-state index >= 15 is 0 Å². The molecule has 1 saturated heterocycles. The number of aliphatic imine (C=N–C) groups is 1. The average Bonchev–Trinajstić information content (AvgIpc) is 3.34. The van der Waals surface area contributed by atoms with Crippen molar-refractivity contribution >= 4 is 5.96 Å². The van der Waals surface area contributed by atoms with Gasteiger partial charge in [-0.05, 0) is 56.7 Å². The Morgan fingerprint density at radius 1 is 1.16 bits per heavy atom. The van der Waals surface area contributed by atoms with Crippen LogP contribution in [-0.2, 0) is 4.74 Å². The fraction of sp³-hybridized carbons (Fsp3) is 0.708. The van der Waals surface area contributed by atoms with Crippen molar-refractivity contribution in [2.24, 2.45) is 10.9 Å². The largest absolute Gasteiger partial charge is 0.497 e. The van der Waals surface area contributed by atoms with E-state index < -0.39 is 6.10 Å². The van der Waals surface area contributed by atoms with Gasteiger partial charge in [0.05, 0.1) is 26.9 Å². The summed E-state index contributed by atoms with van der Waals surface area (Å²) in [5.41, 5.74) is 0.681. The third-order valence-electron chi connectivity index (χ3n) is 6.33. The van der Waals surface area contributed by atoms with E-state index in [-0.39, 0.29) is 6.54 Å². The maximum Gasteiger partial charge on any atom is 0.194 e. The van der Waals surface area contributed by atoms with Gasteiger partial charge in [-0.1, -0.05) is 12.8 Å². The Kier molecular flexibility index (Phi) is 9.28. The van der Waals surface area contributed by atoms with Gasteiger partial charge in [0.2, 0.25) is 0 Å². The topological polar surface area (TPSA) is 75.6 Å². The number of likely N-dealkylation sites (tertiary alicyclic amines) is 1. The number of rotatable bonds is 9. The molecule has 0 radical (unpaired) electrons. The molecular weight excluding hydrogens is 394 g/mol. The van der Waals surface area contributed by atoms with Crippen LogP contribution < -0.4 is 14.8 Å². The van der Waals surface area contributed by atoms with Crippen LogP contribution in [0, 0.1) is 5.92 Å². The zero-order valence-electron chi connectivity index (χ0n) is 19.3. The van der Waals surface area contributed by atoms with Gasteiger partial charge in [-0.2, -0.15) is 0 Å². The van der Waals surface area contributed by atoms with Gasteiger partial charge in [0.25, 0.3) is 0 Å². The number of benzene rings is 1. The lowest BCUT2D eigenvalue weighted by Crippen LogP contribution is -2.47. The van der Waals surface area contributed by atoms with Crippen LogP contribution in [0.2, 0.25) is 0 Å². The quantitative estimate of drug-likeness (QED) is 0.459. The molecule has 0 amide bonds. The van der Waals surface area contributed by atoms with E-state index in [2.05, 4.69) is 17.1 Å². The molecule has 1 aliphatic heterocycles. The predicted molar refractivity (Wildman–Crippen MR) is 123 cm³/mol. The summed E-state index contributed by atoms with van der Waals surface area (Å²) in [5, 5.41) is 14.1. The normalized spacial score (nSPS) is 19.5. The first kappa shape index (κ1) is 23.7. The molecule has 1 aromatic carbocycles. The Labute approximate surface area is 186 Å². The molecule has 2 N–H and O–H groups in total. The maximum atomic E-state index is 10.8. The van der Waals surface area contributed by atoms with Crippen LogP contribution in [0.4, 0.5) is 0 Å². The lowest BCUT2D eigenvalue weighted by atomic mass is 10.1.